The van der Waals surface area contributed by atoms with Crippen LogP contribution in [0.5, 0.6) is 0 Å². The number of hydrogen-bond acceptors (Lipinski definition) is 4. The summed E-state index contributed by atoms with van der Waals surface area (Å²) in [7, 11) is 0. The molecule has 0 saturated heterocycles. The van der Waals surface area contributed by atoms with Crippen LogP contribution in [0.25, 0.3) is 0 Å². The van der Waals surface area contributed by atoms with E-state index >= 15 is 0 Å². The molecule has 1 atom stereocenters. The van der Waals surface area contributed by atoms with Gasteiger partial charge < -0.3 is 10.0 Å². The number of amides is 1. The lowest BCUT2D eigenvalue weighted by molar-refractivity contribution is -0.135. The summed E-state index contributed by atoms with van der Waals surface area (Å²) in [5.41, 5.74) is 2.57. The second-order valence-electron chi connectivity index (χ2n) is 7.77. The van der Waals surface area contributed by atoms with Crippen LogP contribution in [0.15, 0.2) is 17.5 Å². The minimum atomic E-state index is -0.376. The van der Waals surface area contributed by atoms with Crippen LogP contribution in [-0.2, 0) is 36.3 Å². The van der Waals surface area contributed by atoms with Crippen molar-refractivity contribution in [3.05, 3.63) is 39.3 Å². The molecule has 2 aliphatic rings. The third-order valence-corrected chi connectivity index (χ3v) is 7.03. The average Bonchev–Trinajstić information content (AvgIpc) is 3.02. The first-order valence-electron chi connectivity index (χ1n) is 8.96. The molecule has 3 heterocycles. The molecule has 25 heavy (non-hydrogen) atoms. The highest BCUT2D eigenvalue weighted by atomic mass is 32.1. The predicted octanol–water partition coefficient (Wildman–Crippen LogP) is 2.71. The lowest BCUT2D eigenvalue weighted by Crippen LogP contribution is -2.44. The van der Waals surface area contributed by atoms with Gasteiger partial charge in [-0.3, -0.25) is 9.48 Å². The molecule has 2 aromatic rings. The Morgan fingerprint density at radius 1 is 1.44 bits per heavy atom. The van der Waals surface area contributed by atoms with Crippen LogP contribution >= 0.6 is 11.3 Å². The summed E-state index contributed by atoms with van der Waals surface area (Å²) in [5.74, 6) is 0.235. The topological polar surface area (TPSA) is 58.4 Å². The van der Waals surface area contributed by atoms with Crippen molar-refractivity contribution in [3.8, 4) is 0 Å². The predicted molar refractivity (Wildman–Crippen MR) is 97.3 cm³/mol. The summed E-state index contributed by atoms with van der Waals surface area (Å²) in [6.45, 7) is 8.45. The average molecular weight is 359 g/mol. The molecule has 1 fully saturated rings. The number of nitrogens with zero attached hydrogens (tertiary/aromatic N) is 3. The highest BCUT2D eigenvalue weighted by Crippen LogP contribution is 2.66. The number of aromatic nitrogens is 2. The van der Waals surface area contributed by atoms with Crippen molar-refractivity contribution in [3.63, 3.8) is 0 Å². The van der Waals surface area contributed by atoms with Crippen molar-refractivity contribution < 1.29 is 9.90 Å². The first kappa shape index (κ1) is 16.8. The van der Waals surface area contributed by atoms with Crippen molar-refractivity contribution in [1.29, 1.82) is 0 Å². The van der Waals surface area contributed by atoms with Crippen LogP contribution < -0.4 is 0 Å². The second kappa shape index (κ2) is 5.68. The van der Waals surface area contributed by atoms with Crippen LogP contribution in [-0.4, -0.2) is 32.2 Å². The maximum Gasteiger partial charge on any atom is 0.234 e. The van der Waals surface area contributed by atoms with Crippen LogP contribution in [0.1, 0.15) is 49.0 Å². The van der Waals surface area contributed by atoms with Crippen LogP contribution in [0.2, 0.25) is 0 Å². The molecule has 6 heteroatoms. The van der Waals surface area contributed by atoms with Gasteiger partial charge in [0.2, 0.25) is 5.91 Å². The highest BCUT2D eigenvalue weighted by molar-refractivity contribution is 7.10. The van der Waals surface area contributed by atoms with Crippen molar-refractivity contribution in [2.45, 2.75) is 58.7 Å². The number of aryl methyl sites for hydroxylation is 1. The van der Waals surface area contributed by atoms with E-state index in [9.17, 15) is 9.90 Å². The fourth-order valence-electron chi connectivity index (χ4n) is 4.43. The van der Waals surface area contributed by atoms with Gasteiger partial charge in [-0.1, -0.05) is 19.9 Å². The first-order valence-corrected chi connectivity index (χ1v) is 9.84. The lowest BCUT2D eigenvalue weighted by Gasteiger charge is -2.32. The van der Waals surface area contributed by atoms with E-state index in [1.54, 1.807) is 11.3 Å². The summed E-state index contributed by atoms with van der Waals surface area (Å²) < 4.78 is 1.97. The Hall–Kier alpha value is -1.66. The fourth-order valence-corrected chi connectivity index (χ4v) is 5.52. The second-order valence-corrected chi connectivity index (χ2v) is 8.71. The van der Waals surface area contributed by atoms with E-state index in [-0.39, 0.29) is 23.3 Å². The molecule has 4 rings (SSSR count). The van der Waals surface area contributed by atoms with Crippen molar-refractivity contribution >= 4 is 17.2 Å². The molecule has 1 amide bonds. The smallest absolute Gasteiger partial charge is 0.234 e. The van der Waals surface area contributed by atoms with Gasteiger partial charge in [-0.2, -0.15) is 5.10 Å². The van der Waals surface area contributed by atoms with Crippen LogP contribution in [0.3, 0.4) is 0 Å². The zero-order valence-electron chi connectivity index (χ0n) is 15.1. The molecule has 0 bridgehead atoms. The molecule has 134 valence electrons. The van der Waals surface area contributed by atoms with Crippen molar-refractivity contribution in [2.75, 3.05) is 6.54 Å². The molecule has 0 radical (unpaired) electrons. The Morgan fingerprint density at radius 2 is 2.20 bits per heavy atom. The van der Waals surface area contributed by atoms with Crippen LogP contribution in [0, 0.1) is 5.41 Å². The van der Waals surface area contributed by atoms with E-state index in [1.807, 2.05) is 15.6 Å². The summed E-state index contributed by atoms with van der Waals surface area (Å²) in [6, 6.07) is 4.13. The molecule has 1 aliphatic carbocycles. The first-order chi connectivity index (χ1) is 11.9. The minimum absolute atomic E-state index is 0.00260. The Morgan fingerprint density at radius 3 is 2.76 bits per heavy atom. The number of carbonyl (C=O) groups excluding carboxylic acids is 1. The summed E-state index contributed by atoms with van der Waals surface area (Å²) >= 11 is 1.68. The molecular formula is C19H25N3O2S. The van der Waals surface area contributed by atoms with E-state index < -0.39 is 0 Å². The van der Waals surface area contributed by atoms with Gasteiger partial charge in [0.15, 0.2) is 0 Å². The van der Waals surface area contributed by atoms with Gasteiger partial charge >= 0.3 is 0 Å². The molecule has 1 aliphatic heterocycles. The van der Waals surface area contributed by atoms with E-state index in [4.69, 9.17) is 0 Å². The molecular weight excluding hydrogens is 334 g/mol. The molecule has 0 aromatic carbocycles. The van der Waals surface area contributed by atoms with Crippen molar-refractivity contribution in [1.82, 2.24) is 14.7 Å². The standard InChI is InChI=1S/C19H25N3O2S/c1-4-22-15-7-8-21(10-13(15)14(11-23)20-22)17(24)19(12-18(19,2)3)16-6-5-9-25-16/h5-6,9,23H,4,7-8,10-12H2,1-3H3. The zero-order valence-corrected chi connectivity index (χ0v) is 15.9. The Labute approximate surface area is 152 Å². The fraction of sp³-hybridized carbons (Fsp3) is 0.579. The minimum Gasteiger partial charge on any atom is -0.390 e. The zero-order chi connectivity index (χ0) is 17.8. The third-order valence-electron chi connectivity index (χ3n) is 6.00. The number of aliphatic hydroxyl groups excluding tert-OH is 1. The van der Waals surface area contributed by atoms with Gasteiger partial charge in [0.25, 0.3) is 0 Å². The lowest BCUT2D eigenvalue weighted by atomic mass is 9.91. The Balaban J connectivity index is 1.66. The maximum atomic E-state index is 13.5. The van der Waals surface area contributed by atoms with Gasteiger partial charge in [-0.25, -0.2) is 0 Å². The molecule has 1 saturated carbocycles. The molecule has 2 aromatic heterocycles. The summed E-state index contributed by atoms with van der Waals surface area (Å²) in [5, 5.41) is 16.2. The Kier molecular flexibility index (Phi) is 3.81. The number of fused-ring (bicyclic) bond motifs is 1. The number of carbonyl (C=O) groups is 1. The molecule has 5 nitrogen and oxygen atoms in total. The maximum absolute atomic E-state index is 13.5. The normalized spacial score (nSPS) is 24.2. The van der Waals surface area contributed by atoms with Gasteiger partial charge in [-0.15, -0.1) is 11.3 Å². The number of thiophene rings is 1. The van der Waals surface area contributed by atoms with E-state index in [1.165, 1.54) is 10.6 Å². The quantitative estimate of drug-likeness (QED) is 0.913. The monoisotopic (exact) mass is 359 g/mol. The number of hydrogen-bond donors (Lipinski definition) is 1. The van der Waals surface area contributed by atoms with E-state index in [0.717, 1.165) is 37.2 Å². The Bertz CT molecular complexity index is 809. The van der Waals surface area contributed by atoms with E-state index in [2.05, 4.69) is 37.3 Å². The largest absolute Gasteiger partial charge is 0.390 e. The molecule has 0 spiro atoms. The number of rotatable bonds is 4. The molecule has 1 N–H and O–H groups in total. The SMILES string of the molecule is CCn1nc(CO)c2c1CCN(C(=O)C1(c3cccs3)CC1(C)C)C2. The van der Waals surface area contributed by atoms with Gasteiger partial charge in [0.1, 0.15) is 0 Å². The summed E-state index contributed by atoms with van der Waals surface area (Å²) in [6.07, 6.45) is 1.71. The van der Waals surface area contributed by atoms with Gasteiger partial charge in [0.05, 0.1) is 17.7 Å². The van der Waals surface area contributed by atoms with E-state index in [0.29, 0.717) is 6.54 Å². The highest BCUT2D eigenvalue weighted by Gasteiger charge is 2.68. The van der Waals surface area contributed by atoms with Crippen LogP contribution in [0.4, 0.5) is 0 Å². The van der Waals surface area contributed by atoms with Crippen molar-refractivity contribution in [2.24, 2.45) is 5.41 Å². The summed E-state index contributed by atoms with van der Waals surface area (Å²) in [4.78, 5) is 16.7. The number of aliphatic hydroxyl groups is 1. The van der Waals surface area contributed by atoms with Gasteiger partial charge in [-0.05, 0) is 30.2 Å². The third kappa shape index (κ3) is 2.30. The van der Waals surface area contributed by atoms with Gasteiger partial charge in [0, 0.05) is 42.2 Å². The molecule has 1 unspecified atom stereocenters.